The van der Waals surface area contributed by atoms with E-state index in [0.29, 0.717) is 24.7 Å². The van der Waals surface area contributed by atoms with E-state index in [1.54, 1.807) is 6.07 Å². The van der Waals surface area contributed by atoms with Crippen LogP contribution >= 0.6 is 0 Å². The minimum absolute atomic E-state index is 0.122. The third-order valence-electron chi connectivity index (χ3n) is 7.56. The molecule has 0 aromatic heterocycles. The van der Waals surface area contributed by atoms with Crippen LogP contribution in [0, 0.1) is 29.3 Å². The summed E-state index contributed by atoms with van der Waals surface area (Å²) in [6.45, 7) is 4.29. The van der Waals surface area contributed by atoms with Gasteiger partial charge in [0.05, 0.1) is 0 Å². The van der Waals surface area contributed by atoms with Gasteiger partial charge in [0.15, 0.2) is 23.2 Å². The van der Waals surface area contributed by atoms with Crippen molar-refractivity contribution in [1.29, 1.82) is 0 Å². The van der Waals surface area contributed by atoms with Crippen molar-refractivity contribution < 1.29 is 26.7 Å². The lowest BCUT2D eigenvalue weighted by atomic mass is 9.79. The third kappa shape index (κ3) is 5.20. The lowest BCUT2D eigenvalue weighted by Crippen LogP contribution is -2.25. The SMILES string of the molecule is CC1CCC(c2ccc(OC(F)(F)c3ccc(C4CCC(C)CC4)c(F)c3F)c(F)c2)CC1. The van der Waals surface area contributed by atoms with E-state index in [2.05, 4.69) is 18.6 Å². The lowest BCUT2D eigenvalue weighted by molar-refractivity contribution is -0.189. The van der Waals surface area contributed by atoms with Gasteiger partial charge in [0.1, 0.15) is 5.56 Å². The van der Waals surface area contributed by atoms with E-state index in [1.165, 1.54) is 12.1 Å². The zero-order chi connectivity index (χ0) is 23.8. The molecule has 0 aliphatic heterocycles. The number of halogens is 5. The van der Waals surface area contributed by atoms with Crippen molar-refractivity contribution in [3.8, 4) is 5.75 Å². The molecule has 0 atom stereocenters. The molecule has 0 amide bonds. The van der Waals surface area contributed by atoms with Gasteiger partial charge in [-0.3, -0.25) is 0 Å². The zero-order valence-electron chi connectivity index (χ0n) is 19.2. The van der Waals surface area contributed by atoms with Crippen molar-refractivity contribution in [3.05, 3.63) is 64.5 Å². The van der Waals surface area contributed by atoms with Crippen LogP contribution in [0.4, 0.5) is 22.0 Å². The van der Waals surface area contributed by atoms with Crippen LogP contribution in [0.5, 0.6) is 5.75 Å². The van der Waals surface area contributed by atoms with Gasteiger partial charge < -0.3 is 4.74 Å². The maximum atomic E-state index is 14.8. The Labute approximate surface area is 192 Å². The molecule has 4 rings (SSSR count). The highest BCUT2D eigenvalue weighted by Gasteiger charge is 2.40. The number of rotatable bonds is 5. The smallest absolute Gasteiger partial charge is 0.426 e. The average Bonchev–Trinajstić information content (AvgIpc) is 2.78. The Morgan fingerprint density at radius 2 is 1.30 bits per heavy atom. The predicted molar refractivity (Wildman–Crippen MR) is 118 cm³/mol. The maximum Gasteiger partial charge on any atom is 0.429 e. The van der Waals surface area contributed by atoms with Crippen LogP contribution in [0.1, 0.15) is 93.7 Å². The second-order valence-corrected chi connectivity index (χ2v) is 10.1. The minimum Gasteiger partial charge on any atom is -0.426 e. The van der Waals surface area contributed by atoms with Gasteiger partial charge >= 0.3 is 6.11 Å². The molecule has 1 nitrogen and oxygen atoms in total. The molecular weight excluding hydrogens is 435 g/mol. The molecule has 0 spiro atoms. The first-order chi connectivity index (χ1) is 15.7. The first-order valence-corrected chi connectivity index (χ1v) is 12.0. The highest BCUT2D eigenvalue weighted by atomic mass is 19.3. The van der Waals surface area contributed by atoms with Crippen molar-refractivity contribution in [3.63, 3.8) is 0 Å². The minimum atomic E-state index is -4.22. The lowest BCUT2D eigenvalue weighted by Gasteiger charge is -2.28. The zero-order valence-corrected chi connectivity index (χ0v) is 19.2. The molecule has 0 N–H and O–H groups in total. The monoisotopic (exact) mass is 466 g/mol. The Balaban J connectivity index is 1.52. The Morgan fingerprint density at radius 1 is 0.727 bits per heavy atom. The molecule has 2 aliphatic carbocycles. The van der Waals surface area contributed by atoms with Crippen LogP contribution < -0.4 is 4.74 Å². The van der Waals surface area contributed by atoms with Gasteiger partial charge in [-0.25, -0.2) is 13.2 Å². The van der Waals surface area contributed by atoms with Gasteiger partial charge in [-0.15, -0.1) is 0 Å². The Kier molecular flexibility index (Phi) is 7.01. The van der Waals surface area contributed by atoms with Crippen LogP contribution in [-0.2, 0) is 6.11 Å². The standard InChI is InChI=1S/C27H31F5O/c1-16-3-7-18(8-4-16)20-11-14-24(23(28)15-20)33-27(31,32)22-13-12-21(25(29)26(22)30)19-9-5-17(2)6-10-19/h11-19H,3-10H2,1-2H3. The molecule has 6 heteroatoms. The van der Waals surface area contributed by atoms with Gasteiger partial charge in [0.2, 0.25) is 0 Å². The van der Waals surface area contributed by atoms with E-state index < -0.39 is 34.9 Å². The molecule has 33 heavy (non-hydrogen) atoms. The molecule has 2 saturated carbocycles. The van der Waals surface area contributed by atoms with E-state index in [0.717, 1.165) is 56.2 Å². The Morgan fingerprint density at radius 3 is 1.88 bits per heavy atom. The average molecular weight is 467 g/mol. The molecule has 2 fully saturated rings. The molecule has 0 unspecified atom stereocenters. The fraction of sp³-hybridized carbons (Fsp3) is 0.556. The summed E-state index contributed by atoms with van der Waals surface area (Å²) in [5, 5.41) is 0. The first-order valence-electron chi connectivity index (χ1n) is 12.0. The summed E-state index contributed by atoms with van der Waals surface area (Å²) in [6.07, 6.45) is 2.90. The maximum absolute atomic E-state index is 14.8. The highest BCUT2D eigenvalue weighted by molar-refractivity contribution is 5.35. The molecule has 2 aromatic rings. The molecule has 180 valence electrons. The Bertz CT molecular complexity index is 973. The van der Waals surface area contributed by atoms with E-state index in [1.807, 2.05) is 0 Å². The molecule has 2 aromatic carbocycles. The molecule has 0 radical (unpaired) electrons. The molecule has 0 bridgehead atoms. The number of ether oxygens (including phenoxy) is 1. The normalized spacial score (nSPS) is 26.3. The van der Waals surface area contributed by atoms with E-state index >= 15 is 0 Å². The van der Waals surface area contributed by atoms with Crippen molar-refractivity contribution in [2.75, 3.05) is 0 Å². The van der Waals surface area contributed by atoms with Crippen LogP contribution in [0.15, 0.2) is 30.3 Å². The van der Waals surface area contributed by atoms with Crippen molar-refractivity contribution in [1.82, 2.24) is 0 Å². The van der Waals surface area contributed by atoms with E-state index in [9.17, 15) is 22.0 Å². The fourth-order valence-electron chi connectivity index (χ4n) is 5.32. The van der Waals surface area contributed by atoms with Crippen LogP contribution in [0.3, 0.4) is 0 Å². The summed E-state index contributed by atoms with van der Waals surface area (Å²) in [5.41, 5.74) is -0.354. The van der Waals surface area contributed by atoms with Crippen LogP contribution in [-0.4, -0.2) is 0 Å². The Hall–Kier alpha value is -2.11. The van der Waals surface area contributed by atoms with E-state index in [4.69, 9.17) is 0 Å². The quantitative estimate of drug-likeness (QED) is 0.400. The van der Waals surface area contributed by atoms with Crippen LogP contribution in [0.2, 0.25) is 0 Å². The molecular formula is C27H31F5O. The highest BCUT2D eigenvalue weighted by Crippen LogP contribution is 2.41. The van der Waals surface area contributed by atoms with Gasteiger partial charge in [0.25, 0.3) is 0 Å². The summed E-state index contributed by atoms with van der Waals surface area (Å²) >= 11 is 0. The summed E-state index contributed by atoms with van der Waals surface area (Å²) in [6, 6.07) is 6.04. The van der Waals surface area contributed by atoms with Gasteiger partial charge in [0, 0.05) is 0 Å². The summed E-state index contributed by atoms with van der Waals surface area (Å²) in [4.78, 5) is 0. The second-order valence-electron chi connectivity index (χ2n) is 10.1. The largest absolute Gasteiger partial charge is 0.429 e. The van der Waals surface area contributed by atoms with Crippen LogP contribution in [0.25, 0.3) is 0 Å². The van der Waals surface area contributed by atoms with E-state index in [-0.39, 0.29) is 17.4 Å². The summed E-state index contributed by atoms with van der Waals surface area (Å²) in [5.74, 6) is -3.36. The first kappa shape index (κ1) is 24.0. The van der Waals surface area contributed by atoms with Crippen molar-refractivity contribution in [2.24, 2.45) is 11.8 Å². The number of benzene rings is 2. The predicted octanol–water partition coefficient (Wildman–Crippen LogP) is 8.82. The third-order valence-corrected chi connectivity index (χ3v) is 7.56. The fourth-order valence-corrected chi connectivity index (χ4v) is 5.32. The molecule has 2 aliphatic rings. The van der Waals surface area contributed by atoms with Gasteiger partial charge in [-0.05, 0) is 78.7 Å². The van der Waals surface area contributed by atoms with Gasteiger partial charge in [-0.2, -0.15) is 8.78 Å². The van der Waals surface area contributed by atoms with Crippen molar-refractivity contribution in [2.45, 2.75) is 83.2 Å². The topological polar surface area (TPSA) is 9.23 Å². The summed E-state index contributed by atoms with van der Waals surface area (Å²) < 4.78 is 78.2. The molecule has 0 heterocycles. The number of hydrogen-bond acceptors (Lipinski definition) is 1. The number of alkyl halides is 2. The van der Waals surface area contributed by atoms with Crippen molar-refractivity contribution >= 4 is 0 Å². The molecule has 0 saturated heterocycles. The second kappa shape index (κ2) is 9.63. The number of hydrogen-bond donors (Lipinski definition) is 0. The van der Waals surface area contributed by atoms with Gasteiger partial charge in [-0.1, -0.05) is 51.7 Å². The summed E-state index contributed by atoms with van der Waals surface area (Å²) in [7, 11) is 0.